The van der Waals surface area contributed by atoms with Crippen molar-refractivity contribution in [3.8, 4) is 0 Å². The van der Waals surface area contributed by atoms with Gasteiger partial charge in [-0.1, -0.05) is 103 Å². The highest BCUT2D eigenvalue weighted by molar-refractivity contribution is 6.26. The highest BCUT2D eigenvalue weighted by Gasteiger charge is 2.37. The lowest BCUT2D eigenvalue weighted by molar-refractivity contribution is -0.143. The maximum absolute atomic E-state index is 14.3. The van der Waals surface area contributed by atoms with Crippen molar-refractivity contribution in [2.75, 3.05) is 13.1 Å². The molecule has 9 N–H and O–H groups in total. The fourth-order valence-electron chi connectivity index (χ4n) is 7.59. The Bertz CT molecular complexity index is 2220. The average Bonchev–Trinajstić information content (AvgIpc) is 3.28. The second-order valence-corrected chi connectivity index (χ2v) is 17.5. The van der Waals surface area contributed by atoms with Crippen LogP contribution in [0, 0.1) is 17.8 Å². The van der Waals surface area contributed by atoms with E-state index in [0.29, 0.717) is 42.1 Å². The Labute approximate surface area is 384 Å². The van der Waals surface area contributed by atoms with Gasteiger partial charge in [0.1, 0.15) is 42.8 Å². The number of unbranched alkanes of at least 4 members (excludes halogenated alkanes) is 1. The third-order valence-corrected chi connectivity index (χ3v) is 11.7. The van der Waals surface area contributed by atoms with Crippen molar-refractivity contribution in [3.05, 3.63) is 83.4 Å². The number of carboxylic acid groups (broad SMARTS) is 1. The van der Waals surface area contributed by atoms with Crippen molar-refractivity contribution in [1.82, 2.24) is 36.8 Å². The number of rotatable bonds is 24. The second kappa shape index (κ2) is 24.0. The maximum atomic E-state index is 14.3. The third-order valence-electron chi connectivity index (χ3n) is 11.7. The number of hydrogen-bond donors (Lipinski definition) is 8. The summed E-state index contributed by atoms with van der Waals surface area (Å²) in [6.45, 7) is 11.2. The van der Waals surface area contributed by atoms with E-state index in [1.807, 2.05) is 6.92 Å². The number of carbonyl (C=O) groups excluding carboxylic acids is 8. The number of nitrogens with zero attached hydrogens (tertiary/aromatic N) is 1. The first-order valence-electron chi connectivity index (χ1n) is 22.4. The first-order valence-corrected chi connectivity index (χ1v) is 22.4. The maximum Gasteiger partial charge on any atom is 0.326 e. The molecule has 1 aliphatic rings. The van der Waals surface area contributed by atoms with Gasteiger partial charge in [0.05, 0.1) is 0 Å². The van der Waals surface area contributed by atoms with Gasteiger partial charge in [0.15, 0.2) is 0 Å². The normalized spacial score (nSPS) is 15.5. The first kappa shape index (κ1) is 51.9. The molecule has 1 aliphatic heterocycles. The molecular weight excluding hydrogens is 849 g/mol. The number of imide groups is 1. The summed E-state index contributed by atoms with van der Waals surface area (Å²) in [6.07, 6.45) is 1.44. The number of carbonyl (C=O) groups is 9. The van der Waals surface area contributed by atoms with Gasteiger partial charge in [0.25, 0.3) is 11.8 Å². The van der Waals surface area contributed by atoms with Crippen molar-refractivity contribution < 1.29 is 48.3 Å². The molecule has 0 radical (unpaired) electrons. The van der Waals surface area contributed by atoms with Crippen LogP contribution in [0.15, 0.2) is 66.7 Å². The Hall–Kier alpha value is -6.69. The van der Waals surface area contributed by atoms with Gasteiger partial charge in [0, 0.05) is 22.9 Å². The molecule has 0 spiro atoms. The standard InChI is InChI=1S/C48H64N8O10/c1-8-28(6)40(45(62)52-34(22-12-13-23-49)42(59)53-38(26(2)3)44(61)50-29(7)41(58)54-39(27(4)5)48(65)66)55-43(60)35(24-30-16-10-9-11-17-30)51-36(57)25-56-46(63)32-20-14-18-31-19-15-21-33(37(31)32)47(56)64/h9-11,14-21,26-29,34-35,38-40H,8,12-13,22-25,49H2,1-7H3,(H,50,61)(H,51,57)(H,52,62)(H,53,59)(H,54,58)(H,55,60)(H,65,66)/t28?,29-,34-,35?,38-,39-,40-/m0/s1. The molecule has 18 nitrogen and oxygen atoms in total. The van der Waals surface area contributed by atoms with E-state index in [9.17, 15) is 48.3 Å². The molecule has 1 heterocycles. The number of aliphatic carboxylic acids is 1. The van der Waals surface area contributed by atoms with Crippen LogP contribution in [-0.4, -0.2) is 113 Å². The van der Waals surface area contributed by atoms with Gasteiger partial charge in [-0.15, -0.1) is 0 Å². The topological polar surface area (TPSA) is 275 Å². The van der Waals surface area contributed by atoms with Crippen LogP contribution in [0.4, 0.5) is 0 Å². The lowest BCUT2D eigenvalue weighted by atomic mass is 9.94. The van der Waals surface area contributed by atoms with Gasteiger partial charge in [-0.25, -0.2) is 4.79 Å². The predicted octanol–water partition coefficient (Wildman–Crippen LogP) is 2.18. The fraction of sp³-hybridized carbons (Fsp3) is 0.479. The zero-order valence-electron chi connectivity index (χ0n) is 38.6. The molecule has 0 aliphatic carbocycles. The highest BCUT2D eigenvalue weighted by atomic mass is 16.4. The van der Waals surface area contributed by atoms with E-state index in [1.165, 1.54) is 6.92 Å². The molecule has 3 aromatic rings. The lowest BCUT2D eigenvalue weighted by Crippen LogP contribution is -2.61. The molecule has 66 heavy (non-hydrogen) atoms. The van der Waals surface area contributed by atoms with E-state index in [2.05, 4.69) is 31.9 Å². The molecular formula is C48H64N8O10. The quantitative estimate of drug-likeness (QED) is 0.0477. The molecule has 0 bridgehead atoms. The SMILES string of the molecule is CCC(C)[C@H](NC(=O)C(Cc1ccccc1)NC(=O)CN1C(=O)c2cccc3cccc(c23)C1=O)C(=O)N[C@@H](CCCCN)C(=O)N[C@H](C(=O)N[C@@H](C)C(=O)N[C@H](C(=O)O)C(C)C)C(C)C. The van der Waals surface area contributed by atoms with E-state index in [1.54, 1.807) is 101 Å². The number of nitrogens with two attached hydrogens (primary N) is 1. The third kappa shape index (κ3) is 13.4. The summed E-state index contributed by atoms with van der Waals surface area (Å²) in [7, 11) is 0. The van der Waals surface area contributed by atoms with Gasteiger partial charge < -0.3 is 42.7 Å². The summed E-state index contributed by atoms with van der Waals surface area (Å²) in [4.78, 5) is 122. The minimum absolute atomic E-state index is 0.0157. The zero-order chi connectivity index (χ0) is 48.8. The first-order chi connectivity index (χ1) is 31.3. The number of amides is 8. The average molecular weight is 913 g/mol. The van der Waals surface area contributed by atoms with Crippen LogP contribution in [0.25, 0.3) is 10.8 Å². The summed E-state index contributed by atoms with van der Waals surface area (Å²) in [5, 5.41) is 26.6. The zero-order valence-corrected chi connectivity index (χ0v) is 38.6. The van der Waals surface area contributed by atoms with Crippen LogP contribution in [0.3, 0.4) is 0 Å². The predicted molar refractivity (Wildman–Crippen MR) is 246 cm³/mol. The largest absolute Gasteiger partial charge is 0.480 e. The van der Waals surface area contributed by atoms with Gasteiger partial charge >= 0.3 is 5.97 Å². The van der Waals surface area contributed by atoms with Gasteiger partial charge in [-0.3, -0.25) is 43.3 Å². The van der Waals surface area contributed by atoms with Crippen LogP contribution in [-0.2, 0) is 40.0 Å². The number of carboxylic acids is 1. The van der Waals surface area contributed by atoms with Crippen LogP contribution in [0.1, 0.15) is 100 Å². The molecule has 0 fully saturated rings. The Morgan fingerprint density at radius 1 is 0.606 bits per heavy atom. The Kier molecular flexibility index (Phi) is 18.9. The van der Waals surface area contributed by atoms with Crippen molar-refractivity contribution in [2.24, 2.45) is 23.5 Å². The summed E-state index contributed by atoms with van der Waals surface area (Å²) in [5.41, 5.74) is 6.95. The smallest absolute Gasteiger partial charge is 0.326 e. The molecule has 7 atom stereocenters. The lowest BCUT2D eigenvalue weighted by Gasteiger charge is -2.30. The van der Waals surface area contributed by atoms with Crippen molar-refractivity contribution in [1.29, 1.82) is 0 Å². The summed E-state index contributed by atoms with van der Waals surface area (Å²) >= 11 is 0. The van der Waals surface area contributed by atoms with E-state index in [0.717, 1.165) is 4.90 Å². The van der Waals surface area contributed by atoms with Crippen LogP contribution in [0.5, 0.6) is 0 Å². The monoisotopic (exact) mass is 912 g/mol. The molecule has 2 unspecified atom stereocenters. The van der Waals surface area contributed by atoms with Gasteiger partial charge in [-0.2, -0.15) is 0 Å². The number of hydrogen-bond acceptors (Lipinski definition) is 10. The van der Waals surface area contributed by atoms with Crippen LogP contribution >= 0.6 is 0 Å². The van der Waals surface area contributed by atoms with Crippen LogP contribution in [0.2, 0.25) is 0 Å². The van der Waals surface area contributed by atoms with E-state index < -0.39 is 114 Å². The van der Waals surface area contributed by atoms with Crippen molar-refractivity contribution >= 4 is 64.0 Å². The van der Waals surface area contributed by atoms with Crippen molar-refractivity contribution in [3.63, 3.8) is 0 Å². The number of nitrogens with one attached hydrogen (secondary N) is 6. The fourth-order valence-corrected chi connectivity index (χ4v) is 7.59. The van der Waals surface area contributed by atoms with Gasteiger partial charge in [0.2, 0.25) is 35.4 Å². The summed E-state index contributed by atoms with van der Waals surface area (Å²) in [5.74, 6) is -8.33. The minimum Gasteiger partial charge on any atom is -0.480 e. The number of benzene rings is 3. The molecule has 0 saturated heterocycles. The molecule has 0 saturated carbocycles. The molecule has 0 aromatic heterocycles. The molecule has 3 aromatic carbocycles. The Morgan fingerprint density at radius 3 is 1.70 bits per heavy atom. The summed E-state index contributed by atoms with van der Waals surface area (Å²) < 4.78 is 0. The second-order valence-electron chi connectivity index (χ2n) is 17.5. The molecule has 4 rings (SSSR count). The van der Waals surface area contributed by atoms with E-state index in [-0.39, 0.29) is 24.0 Å². The minimum atomic E-state index is -1.27. The highest BCUT2D eigenvalue weighted by Crippen LogP contribution is 2.30. The molecule has 356 valence electrons. The molecule has 8 amide bonds. The van der Waals surface area contributed by atoms with Gasteiger partial charge in [-0.05, 0) is 73.6 Å². The molecule has 18 heteroatoms. The van der Waals surface area contributed by atoms with Crippen molar-refractivity contribution in [2.45, 2.75) is 117 Å². The van der Waals surface area contributed by atoms with Crippen LogP contribution < -0.4 is 37.6 Å². The Balaban J connectivity index is 1.52. The summed E-state index contributed by atoms with van der Waals surface area (Å²) in [6, 6.07) is 11.7. The Morgan fingerprint density at radius 2 is 1.15 bits per heavy atom. The van der Waals surface area contributed by atoms with E-state index >= 15 is 0 Å². The van der Waals surface area contributed by atoms with E-state index in [4.69, 9.17) is 5.73 Å².